The van der Waals surface area contributed by atoms with Crippen molar-refractivity contribution >= 4 is 11.6 Å². The number of rotatable bonds is 5. The van der Waals surface area contributed by atoms with Crippen molar-refractivity contribution in [1.82, 2.24) is 5.32 Å². The first-order valence-corrected chi connectivity index (χ1v) is 7.95. The van der Waals surface area contributed by atoms with Crippen molar-refractivity contribution in [2.24, 2.45) is 0 Å². The molecule has 0 spiro atoms. The maximum atomic E-state index is 6.41. The molecule has 0 aliphatic carbocycles. The average Bonchev–Trinajstić information content (AvgIpc) is 2.41. The van der Waals surface area contributed by atoms with Gasteiger partial charge in [-0.25, -0.2) is 0 Å². The number of halogens is 1. The van der Waals surface area contributed by atoms with Crippen LogP contribution in [0.4, 0.5) is 0 Å². The molecule has 0 saturated heterocycles. The highest BCUT2D eigenvalue weighted by molar-refractivity contribution is 6.31. The molecule has 0 bridgehead atoms. The van der Waals surface area contributed by atoms with Gasteiger partial charge in [0.2, 0.25) is 0 Å². The quantitative estimate of drug-likeness (QED) is 0.804. The molecule has 1 N–H and O–H groups in total. The maximum Gasteiger partial charge on any atom is 0.0441 e. The van der Waals surface area contributed by atoms with Crippen LogP contribution in [0.3, 0.4) is 0 Å². The largest absolute Gasteiger partial charge is 0.310 e. The number of hydrogen-bond acceptors (Lipinski definition) is 1. The van der Waals surface area contributed by atoms with Gasteiger partial charge >= 0.3 is 0 Å². The second-order valence-corrected chi connectivity index (χ2v) is 6.12. The number of hydrogen-bond donors (Lipinski definition) is 1. The summed E-state index contributed by atoms with van der Waals surface area (Å²) in [5, 5.41) is 4.48. The van der Waals surface area contributed by atoms with Gasteiger partial charge in [0.05, 0.1) is 0 Å². The lowest BCUT2D eigenvalue weighted by Crippen LogP contribution is -2.24. The van der Waals surface area contributed by atoms with E-state index in [4.69, 9.17) is 11.6 Å². The van der Waals surface area contributed by atoms with Crippen LogP contribution in [-0.4, -0.2) is 6.54 Å². The van der Waals surface area contributed by atoms with Crippen LogP contribution in [0.15, 0.2) is 36.4 Å². The van der Waals surface area contributed by atoms with Crippen LogP contribution in [0.1, 0.15) is 40.8 Å². The molecule has 0 aliphatic rings. The molecule has 1 atom stereocenters. The Kier molecular flexibility index (Phi) is 5.44. The van der Waals surface area contributed by atoms with Crippen molar-refractivity contribution in [3.05, 3.63) is 69.2 Å². The van der Waals surface area contributed by atoms with E-state index >= 15 is 0 Å². The van der Waals surface area contributed by atoms with Crippen LogP contribution in [0, 0.1) is 20.8 Å². The summed E-state index contributed by atoms with van der Waals surface area (Å²) in [4.78, 5) is 0. The summed E-state index contributed by atoms with van der Waals surface area (Å²) in [6.07, 6.45) is 0.915. The molecular weight excluding hydrogens is 278 g/mol. The third-order valence-electron chi connectivity index (χ3n) is 3.97. The molecule has 2 heteroatoms. The molecule has 21 heavy (non-hydrogen) atoms. The van der Waals surface area contributed by atoms with Crippen molar-refractivity contribution in [3.63, 3.8) is 0 Å². The van der Waals surface area contributed by atoms with Gasteiger partial charge in [-0.05, 0) is 67.6 Å². The van der Waals surface area contributed by atoms with Crippen LogP contribution in [0.5, 0.6) is 0 Å². The average molecular weight is 302 g/mol. The number of aryl methyl sites for hydroxylation is 3. The topological polar surface area (TPSA) is 12.0 Å². The molecule has 0 saturated carbocycles. The molecule has 112 valence electrons. The molecule has 1 nitrogen and oxygen atoms in total. The SMILES string of the molecule is CCNC(Cc1ccc(C)cc1Cl)c1c(C)cccc1C. The minimum atomic E-state index is 0.302. The van der Waals surface area contributed by atoms with Crippen molar-refractivity contribution in [2.75, 3.05) is 6.54 Å². The monoisotopic (exact) mass is 301 g/mol. The van der Waals surface area contributed by atoms with Crippen molar-refractivity contribution < 1.29 is 0 Å². The Labute approximate surface area is 133 Å². The molecule has 0 aromatic heterocycles. The second kappa shape index (κ2) is 7.11. The Morgan fingerprint density at radius 2 is 1.71 bits per heavy atom. The predicted molar refractivity (Wildman–Crippen MR) is 92.2 cm³/mol. The Bertz CT molecular complexity index is 599. The Balaban J connectivity index is 2.35. The zero-order chi connectivity index (χ0) is 15.4. The lowest BCUT2D eigenvalue weighted by Gasteiger charge is -2.23. The minimum absolute atomic E-state index is 0.302. The standard InChI is InChI=1S/C19H24ClN/c1-5-21-18(19-14(3)7-6-8-15(19)4)12-16-10-9-13(2)11-17(16)20/h6-11,18,21H,5,12H2,1-4H3. The Morgan fingerprint density at radius 1 is 1.05 bits per heavy atom. The molecular formula is C19H24ClN. The minimum Gasteiger partial charge on any atom is -0.310 e. The van der Waals surface area contributed by atoms with Crippen molar-refractivity contribution in [2.45, 2.75) is 40.2 Å². The highest BCUT2D eigenvalue weighted by Crippen LogP contribution is 2.28. The van der Waals surface area contributed by atoms with Crippen LogP contribution < -0.4 is 5.32 Å². The third kappa shape index (κ3) is 3.87. The van der Waals surface area contributed by atoms with Crippen LogP contribution in [-0.2, 0) is 6.42 Å². The van der Waals surface area contributed by atoms with Crippen LogP contribution in [0.25, 0.3) is 0 Å². The van der Waals surface area contributed by atoms with E-state index in [1.54, 1.807) is 0 Å². The predicted octanol–water partition coefficient (Wildman–Crippen LogP) is 5.16. The summed E-state index contributed by atoms with van der Waals surface area (Å²) in [6.45, 7) is 9.54. The van der Waals surface area contributed by atoms with Gasteiger partial charge in [0.15, 0.2) is 0 Å². The van der Waals surface area contributed by atoms with Crippen molar-refractivity contribution in [1.29, 1.82) is 0 Å². The fourth-order valence-electron chi connectivity index (χ4n) is 2.94. The van der Waals surface area contributed by atoms with Crippen molar-refractivity contribution in [3.8, 4) is 0 Å². The summed E-state index contributed by atoms with van der Waals surface area (Å²) in [7, 11) is 0. The molecule has 0 amide bonds. The molecule has 2 rings (SSSR count). The number of likely N-dealkylation sites (N-methyl/N-ethyl adjacent to an activating group) is 1. The van der Waals surface area contributed by atoms with Gasteiger partial charge in [-0.2, -0.15) is 0 Å². The van der Waals surface area contributed by atoms with Gasteiger partial charge in [0.25, 0.3) is 0 Å². The number of nitrogens with one attached hydrogen (secondary N) is 1. The van der Waals surface area contributed by atoms with E-state index in [0.717, 1.165) is 18.0 Å². The second-order valence-electron chi connectivity index (χ2n) is 5.71. The molecule has 2 aromatic rings. The van der Waals surface area contributed by atoms with Crippen LogP contribution in [0.2, 0.25) is 5.02 Å². The molecule has 0 fully saturated rings. The zero-order valence-electron chi connectivity index (χ0n) is 13.3. The van der Waals surface area contributed by atoms with E-state index in [9.17, 15) is 0 Å². The Hall–Kier alpha value is -1.31. The van der Waals surface area contributed by atoms with E-state index in [-0.39, 0.29) is 0 Å². The highest BCUT2D eigenvalue weighted by Gasteiger charge is 2.17. The van der Waals surface area contributed by atoms with Gasteiger partial charge in [0.1, 0.15) is 0 Å². The smallest absolute Gasteiger partial charge is 0.0441 e. The number of benzene rings is 2. The third-order valence-corrected chi connectivity index (χ3v) is 4.33. The zero-order valence-corrected chi connectivity index (χ0v) is 14.1. The fraction of sp³-hybridized carbons (Fsp3) is 0.368. The normalized spacial score (nSPS) is 12.4. The van der Waals surface area contributed by atoms with Crippen LogP contribution >= 0.6 is 11.6 Å². The first-order valence-electron chi connectivity index (χ1n) is 7.57. The summed E-state index contributed by atoms with van der Waals surface area (Å²) < 4.78 is 0. The first-order chi connectivity index (χ1) is 10.0. The Morgan fingerprint density at radius 3 is 2.29 bits per heavy atom. The van der Waals surface area contributed by atoms with E-state index in [1.807, 2.05) is 6.07 Å². The van der Waals surface area contributed by atoms with E-state index in [2.05, 4.69) is 63.3 Å². The summed E-state index contributed by atoms with van der Waals surface area (Å²) in [5.74, 6) is 0. The summed E-state index contributed by atoms with van der Waals surface area (Å²) >= 11 is 6.41. The van der Waals surface area contributed by atoms with Gasteiger partial charge in [-0.1, -0.05) is 48.9 Å². The van der Waals surface area contributed by atoms with Gasteiger partial charge in [-0.3, -0.25) is 0 Å². The summed E-state index contributed by atoms with van der Waals surface area (Å²) in [5.41, 5.74) is 6.48. The van der Waals surface area contributed by atoms with Gasteiger partial charge in [0, 0.05) is 11.1 Å². The lowest BCUT2D eigenvalue weighted by molar-refractivity contribution is 0.545. The lowest BCUT2D eigenvalue weighted by atomic mass is 9.91. The maximum absolute atomic E-state index is 6.41. The molecule has 0 radical (unpaired) electrons. The molecule has 0 aliphatic heterocycles. The van der Waals surface area contributed by atoms with E-state index < -0.39 is 0 Å². The van der Waals surface area contributed by atoms with Gasteiger partial charge < -0.3 is 5.32 Å². The first kappa shape index (κ1) is 16.1. The molecule has 0 heterocycles. The highest BCUT2D eigenvalue weighted by atomic mass is 35.5. The van der Waals surface area contributed by atoms with E-state index in [1.165, 1.54) is 27.8 Å². The molecule has 1 unspecified atom stereocenters. The van der Waals surface area contributed by atoms with E-state index in [0.29, 0.717) is 6.04 Å². The summed E-state index contributed by atoms with van der Waals surface area (Å²) in [6, 6.07) is 13.1. The van der Waals surface area contributed by atoms with Gasteiger partial charge in [-0.15, -0.1) is 0 Å². The fourth-order valence-corrected chi connectivity index (χ4v) is 3.25. The molecule has 2 aromatic carbocycles.